The quantitative estimate of drug-likeness (QED) is 0.434. The molecule has 7 nitrogen and oxygen atoms in total. The molecule has 0 unspecified atom stereocenters. The largest absolute Gasteiger partial charge is 0.435 e. The number of imidazole rings is 1. The molecular weight excluding hydrogens is 416 g/mol. The molecule has 2 aromatic heterocycles. The first kappa shape index (κ1) is 20.4. The molecule has 3 N–H and O–H groups in total. The average Bonchev–Trinajstić information content (AvgIpc) is 3.06. The van der Waals surface area contributed by atoms with Gasteiger partial charge in [0.15, 0.2) is 11.6 Å². The lowest BCUT2D eigenvalue weighted by atomic mass is 10.3. The van der Waals surface area contributed by atoms with E-state index in [1.165, 1.54) is 30.3 Å². The van der Waals surface area contributed by atoms with E-state index in [0.29, 0.717) is 29.3 Å². The van der Waals surface area contributed by atoms with E-state index in [2.05, 4.69) is 25.0 Å². The maximum atomic E-state index is 13.9. The standard InChI is InChI=1S/C20H16F4N6O/c1-2-17-27-14-7-12(21)13(22)8-15(14)30(17)18-9-16(25)28-20(29-18)26-10-3-5-11(6-4-10)31-19(23)24/h3-9,19H,2H2,1H3,(H3,25,26,28,29). The number of nitrogen functional groups attached to an aromatic ring is 1. The molecule has 4 rings (SSSR count). The van der Waals surface area contributed by atoms with Crippen LogP contribution in [0.2, 0.25) is 0 Å². The Kier molecular flexibility index (Phi) is 5.32. The summed E-state index contributed by atoms with van der Waals surface area (Å²) in [6.45, 7) is -1.08. The van der Waals surface area contributed by atoms with Crippen LogP contribution in [0.4, 0.5) is 35.0 Å². The second-order valence-electron chi connectivity index (χ2n) is 6.47. The van der Waals surface area contributed by atoms with Crippen LogP contribution in [0.1, 0.15) is 12.7 Å². The number of ether oxygens (including phenoxy) is 1. The van der Waals surface area contributed by atoms with Gasteiger partial charge in [0.05, 0.1) is 11.0 Å². The Morgan fingerprint density at radius 2 is 1.74 bits per heavy atom. The van der Waals surface area contributed by atoms with Crippen LogP contribution in [0.5, 0.6) is 5.75 Å². The van der Waals surface area contributed by atoms with Gasteiger partial charge in [-0.2, -0.15) is 18.7 Å². The van der Waals surface area contributed by atoms with Crippen LogP contribution in [-0.4, -0.2) is 26.1 Å². The highest BCUT2D eigenvalue weighted by atomic mass is 19.3. The van der Waals surface area contributed by atoms with Gasteiger partial charge in [0, 0.05) is 30.3 Å². The fraction of sp³-hybridized carbons (Fsp3) is 0.150. The highest BCUT2D eigenvalue weighted by Gasteiger charge is 2.17. The first-order valence-electron chi connectivity index (χ1n) is 9.17. The zero-order valence-corrected chi connectivity index (χ0v) is 16.1. The van der Waals surface area contributed by atoms with Crippen molar-refractivity contribution in [3.8, 4) is 11.6 Å². The van der Waals surface area contributed by atoms with Crippen molar-refractivity contribution in [3.63, 3.8) is 0 Å². The molecule has 2 heterocycles. The molecule has 0 radical (unpaired) electrons. The summed E-state index contributed by atoms with van der Waals surface area (Å²) in [4.78, 5) is 12.9. The summed E-state index contributed by atoms with van der Waals surface area (Å²) in [5.41, 5.74) is 7.03. The Hall–Kier alpha value is -3.89. The van der Waals surface area contributed by atoms with Gasteiger partial charge in [-0.05, 0) is 24.3 Å². The van der Waals surface area contributed by atoms with Gasteiger partial charge in [0.25, 0.3) is 0 Å². The van der Waals surface area contributed by atoms with Gasteiger partial charge in [-0.1, -0.05) is 6.92 Å². The Morgan fingerprint density at radius 1 is 1.03 bits per heavy atom. The first-order valence-corrected chi connectivity index (χ1v) is 9.17. The molecule has 0 aliphatic rings. The second-order valence-corrected chi connectivity index (χ2v) is 6.47. The van der Waals surface area contributed by atoms with Crippen LogP contribution < -0.4 is 15.8 Å². The number of hydrogen-bond donors (Lipinski definition) is 2. The molecule has 160 valence electrons. The molecule has 0 aliphatic heterocycles. The van der Waals surface area contributed by atoms with Crippen molar-refractivity contribution in [2.75, 3.05) is 11.1 Å². The molecule has 31 heavy (non-hydrogen) atoms. The van der Waals surface area contributed by atoms with E-state index < -0.39 is 18.2 Å². The van der Waals surface area contributed by atoms with Gasteiger partial charge in [0.2, 0.25) is 5.95 Å². The van der Waals surface area contributed by atoms with E-state index in [4.69, 9.17) is 5.73 Å². The average molecular weight is 432 g/mol. The SMILES string of the molecule is CCc1nc2cc(F)c(F)cc2n1-c1cc(N)nc(Nc2ccc(OC(F)F)cc2)n1. The van der Waals surface area contributed by atoms with E-state index in [-0.39, 0.29) is 23.0 Å². The molecule has 0 atom stereocenters. The monoisotopic (exact) mass is 432 g/mol. The predicted octanol–water partition coefficient (Wildman–Crippen LogP) is 4.58. The number of aryl methyl sites for hydroxylation is 1. The number of benzene rings is 2. The summed E-state index contributed by atoms with van der Waals surface area (Å²) in [5, 5.41) is 2.92. The van der Waals surface area contributed by atoms with Crippen LogP contribution in [-0.2, 0) is 6.42 Å². The number of alkyl halides is 2. The van der Waals surface area contributed by atoms with Crippen molar-refractivity contribution >= 4 is 28.5 Å². The number of nitrogens with one attached hydrogen (secondary N) is 1. The van der Waals surface area contributed by atoms with Gasteiger partial charge in [-0.3, -0.25) is 4.57 Å². The van der Waals surface area contributed by atoms with Crippen LogP contribution in [0, 0.1) is 11.6 Å². The van der Waals surface area contributed by atoms with Crippen molar-refractivity contribution in [1.29, 1.82) is 0 Å². The molecule has 0 aliphatic carbocycles. The number of nitrogens with zero attached hydrogens (tertiary/aromatic N) is 4. The smallest absolute Gasteiger partial charge is 0.387 e. The second kappa shape index (κ2) is 8.09. The van der Waals surface area contributed by atoms with E-state index in [1.807, 2.05) is 6.92 Å². The van der Waals surface area contributed by atoms with Crippen LogP contribution >= 0.6 is 0 Å². The van der Waals surface area contributed by atoms with Crippen molar-refractivity contribution in [2.24, 2.45) is 0 Å². The van der Waals surface area contributed by atoms with Gasteiger partial charge < -0.3 is 15.8 Å². The minimum Gasteiger partial charge on any atom is -0.435 e. The lowest BCUT2D eigenvalue weighted by molar-refractivity contribution is -0.0498. The van der Waals surface area contributed by atoms with Gasteiger partial charge in [-0.25, -0.2) is 13.8 Å². The molecule has 0 saturated carbocycles. The Balaban J connectivity index is 1.72. The fourth-order valence-corrected chi connectivity index (χ4v) is 3.09. The van der Waals surface area contributed by atoms with Crippen molar-refractivity contribution in [3.05, 3.63) is 59.9 Å². The number of anilines is 3. The Morgan fingerprint density at radius 3 is 2.42 bits per heavy atom. The molecule has 0 fully saturated rings. The van der Waals surface area contributed by atoms with E-state index in [0.717, 1.165) is 12.1 Å². The van der Waals surface area contributed by atoms with Gasteiger partial charge in [-0.15, -0.1) is 0 Å². The van der Waals surface area contributed by atoms with E-state index >= 15 is 0 Å². The van der Waals surface area contributed by atoms with Crippen LogP contribution in [0.3, 0.4) is 0 Å². The minimum atomic E-state index is -2.92. The maximum Gasteiger partial charge on any atom is 0.387 e. The van der Waals surface area contributed by atoms with Crippen LogP contribution in [0.15, 0.2) is 42.5 Å². The maximum absolute atomic E-state index is 13.9. The summed E-state index contributed by atoms with van der Waals surface area (Å²) in [5.74, 6) is -0.941. The van der Waals surface area contributed by atoms with Crippen molar-refractivity contribution in [1.82, 2.24) is 19.5 Å². The van der Waals surface area contributed by atoms with E-state index in [9.17, 15) is 17.6 Å². The number of nitrogens with two attached hydrogens (primary N) is 1. The Bertz CT molecular complexity index is 1240. The number of fused-ring (bicyclic) bond motifs is 1. The van der Waals surface area contributed by atoms with E-state index in [1.54, 1.807) is 4.57 Å². The summed E-state index contributed by atoms with van der Waals surface area (Å²) in [7, 11) is 0. The molecule has 4 aromatic rings. The lowest BCUT2D eigenvalue weighted by Gasteiger charge is -2.12. The van der Waals surface area contributed by atoms with Gasteiger partial charge >= 0.3 is 6.61 Å². The lowest BCUT2D eigenvalue weighted by Crippen LogP contribution is -2.08. The molecular formula is C20H16F4N6O. The van der Waals surface area contributed by atoms with Crippen molar-refractivity contribution < 1.29 is 22.3 Å². The fourth-order valence-electron chi connectivity index (χ4n) is 3.09. The first-order chi connectivity index (χ1) is 14.8. The molecule has 2 aromatic carbocycles. The molecule has 0 bridgehead atoms. The molecule has 11 heteroatoms. The third kappa shape index (κ3) is 4.20. The molecule has 0 saturated heterocycles. The number of aromatic nitrogens is 4. The highest BCUT2D eigenvalue weighted by molar-refractivity contribution is 5.78. The van der Waals surface area contributed by atoms with Gasteiger partial charge in [0.1, 0.15) is 23.2 Å². The number of rotatable bonds is 6. The highest BCUT2D eigenvalue weighted by Crippen LogP contribution is 2.26. The topological polar surface area (TPSA) is 90.9 Å². The summed E-state index contributed by atoms with van der Waals surface area (Å²) < 4.78 is 58.0. The Labute approximate surface area is 173 Å². The number of hydrogen-bond acceptors (Lipinski definition) is 6. The summed E-state index contributed by atoms with van der Waals surface area (Å²) in [6.07, 6.45) is 0.468. The third-order valence-corrected chi connectivity index (χ3v) is 4.38. The zero-order chi connectivity index (χ0) is 22.1. The third-order valence-electron chi connectivity index (χ3n) is 4.38. The normalized spacial score (nSPS) is 11.3. The van der Waals surface area contributed by atoms with Crippen molar-refractivity contribution in [2.45, 2.75) is 20.0 Å². The molecule has 0 amide bonds. The number of halogens is 4. The summed E-state index contributed by atoms with van der Waals surface area (Å²) >= 11 is 0. The molecule has 0 spiro atoms. The summed E-state index contributed by atoms with van der Waals surface area (Å²) in [6, 6.07) is 9.27. The zero-order valence-electron chi connectivity index (χ0n) is 16.1. The van der Waals surface area contributed by atoms with Crippen LogP contribution in [0.25, 0.3) is 16.9 Å². The minimum absolute atomic E-state index is 0.00136. The predicted molar refractivity (Wildman–Crippen MR) is 107 cm³/mol.